The molecule has 1 heterocycles. The molecule has 0 aliphatic rings. The van der Waals surface area contributed by atoms with Crippen LogP contribution in [0.5, 0.6) is 0 Å². The number of fused-ring (bicyclic) bond motifs is 1. The minimum atomic E-state index is 0.00949. The van der Waals surface area contributed by atoms with Crippen molar-refractivity contribution in [2.75, 3.05) is 6.54 Å². The molecule has 0 bridgehead atoms. The first-order valence-electron chi connectivity index (χ1n) is 9.85. The van der Waals surface area contributed by atoms with E-state index in [4.69, 9.17) is 4.98 Å². The maximum atomic E-state index is 13.4. The van der Waals surface area contributed by atoms with Crippen LogP contribution in [0.4, 0.5) is 0 Å². The second kappa shape index (κ2) is 8.05. The molecule has 0 amide bonds. The summed E-state index contributed by atoms with van der Waals surface area (Å²) < 4.78 is 1.82. The van der Waals surface area contributed by atoms with Gasteiger partial charge in [0.1, 0.15) is 6.04 Å². The summed E-state index contributed by atoms with van der Waals surface area (Å²) in [5, 5.41) is 2.98. The monoisotopic (exact) mass is 364 g/mol. The molecule has 0 unspecified atom stereocenters. The van der Waals surface area contributed by atoms with Crippen LogP contribution in [0.15, 0.2) is 47.3 Å². The van der Waals surface area contributed by atoms with Crippen LogP contribution in [0.3, 0.4) is 0 Å². The molecule has 2 N–H and O–H groups in total. The quantitative estimate of drug-likeness (QED) is 0.725. The molecule has 4 nitrogen and oxygen atoms in total. The topological polar surface area (TPSA) is 51.5 Å². The lowest BCUT2D eigenvalue weighted by Crippen LogP contribution is -2.86. The zero-order valence-corrected chi connectivity index (χ0v) is 17.0. The van der Waals surface area contributed by atoms with Gasteiger partial charge in [-0.15, -0.1) is 0 Å². The smallest absolute Gasteiger partial charge is 0.266 e. The van der Waals surface area contributed by atoms with Gasteiger partial charge in [-0.25, -0.2) is 4.98 Å². The van der Waals surface area contributed by atoms with E-state index in [-0.39, 0.29) is 11.6 Å². The Morgan fingerprint density at radius 1 is 1.07 bits per heavy atom. The van der Waals surface area contributed by atoms with Crippen molar-refractivity contribution in [3.05, 3.63) is 69.8 Å². The summed E-state index contributed by atoms with van der Waals surface area (Å²) in [4.78, 5) is 18.4. The van der Waals surface area contributed by atoms with Crippen molar-refractivity contribution in [2.24, 2.45) is 5.92 Å². The molecule has 142 valence electrons. The average molecular weight is 365 g/mol. The molecule has 0 saturated carbocycles. The molecule has 0 radical (unpaired) electrons. The Kier molecular flexibility index (Phi) is 5.76. The van der Waals surface area contributed by atoms with Gasteiger partial charge in [0.2, 0.25) is 0 Å². The molecule has 0 aliphatic carbocycles. The van der Waals surface area contributed by atoms with E-state index < -0.39 is 0 Å². The highest BCUT2D eigenvalue weighted by Crippen LogP contribution is 2.20. The van der Waals surface area contributed by atoms with E-state index in [0.29, 0.717) is 11.3 Å². The standard InChI is InChI=1S/C23H29N3O/c1-6-20(24-14-15(2)3)22-25-21-10-8-7-9-19(21)23(27)26(22)18-12-11-16(4)17(5)13-18/h7-13,15,20,24H,6,14H2,1-5H3/p+1/t20-/m0/s1. The Labute approximate surface area is 161 Å². The summed E-state index contributed by atoms with van der Waals surface area (Å²) in [6.07, 6.45) is 0.919. The van der Waals surface area contributed by atoms with E-state index in [1.807, 2.05) is 34.9 Å². The van der Waals surface area contributed by atoms with Crippen LogP contribution in [0.1, 0.15) is 50.2 Å². The highest BCUT2D eigenvalue weighted by molar-refractivity contribution is 5.77. The number of nitrogens with two attached hydrogens (primary N) is 1. The molecule has 0 spiro atoms. The van der Waals surface area contributed by atoms with Crippen LogP contribution < -0.4 is 10.9 Å². The van der Waals surface area contributed by atoms with Gasteiger partial charge in [0.25, 0.3) is 5.56 Å². The Morgan fingerprint density at radius 3 is 2.48 bits per heavy atom. The Hall–Kier alpha value is -2.46. The molecule has 3 aromatic rings. The zero-order chi connectivity index (χ0) is 19.6. The lowest BCUT2D eigenvalue weighted by Gasteiger charge is -2.20. The summed E-state index contributed by atoms with van der Waals surface area (Å²) >= 11 is 0. The van der Waals surface area contributed by atoms with Gasteiger partial charge in [-0.05, 0) is 49.2 Å². The van der Waals surface area contributed by atoms with Crippen LogP contribution in [-0.4, -0.2) is 16.1 Å². The fourth-order valence-corrected chi connectivity index (χ4v) is 3.40. The molecular weight excluding hydrogens is 334 g/mol. The van der Waals surface area contributed by atoms with Crippen molar-refractivity contribution in [3.63, 3.8) is 0 Å². The van der Waals surface area contributed by atoms with Crippen molar-refractivity contribution in [3.8, 4) is 5.69 Å². The third kappa shape index (κ3) is 3.96. The summed E-state index contributed by atoms with van der Waals surface area (Å²) in [6, 6.07) is 14.0. The van der Waals surface area contributed by atoms with Crippen molar-refractivity contribution in [2.45, 2.75) is 47.1 Å². The summed E-state index contributed by atoms with van der Waals surface area (Å²) in [5.41, 5.74) is 4.08. The number of rotatable bonds is 6. The summed E-state index contributed by atoms with van der Waals surface area (Å²) in [6.45, 7) is 11.8. The average Bonchev–Trinajstić information content (AvgIpc) is 2.65. The van der Waals surface area contributed by atoms with E-state index in [1.165, 1.54) is 11.1 Å². The number of hydrogen-bond donors (Lipinski definition) is 1. The predicted molar refractivity (Wildman–Crippen MR) is 111 cm³/mol. The first kappa shape index (κ1) is 19.3. The lowest BCUT2D eigenvalue weighted by molar-refractivity contribution is -0.701. The van der Waals surface area contributed by atoms with Crippen LogP contribution in [0, 0.1) is 19.8 Å². The Bertz CT molecular complexity index is 1000. The molecule has 0 aliphatic heterocycles. The van der Waals surface area contributed by atoms with Crippen LogP contribution in [0.2, 0.25) is 0 Å². The predicted octanol–water partition coefficient (Wildman–Crippen LogP) is 3.67. The van der Waals surface area contributed by atoms with E-state index in [1.54, 1.807) is 0 Å². The molecule has 27 heavy (non-hydrogen) atoms. The Balaban J connectivity index is 2.26. The molecule has 0 fully saturated rings. The second-order valence-electron chi connectivity index (χ2n) is 7.78. The van der Waals surface area contributed by atoms with Gasteiger partial charge in [0, 0.05) is 12.3 Å². The van der Waals surface area contributed by atoms with Crippen molar-refractivity contribution < 1.29 is 5.32 Å². The third-order valence-electron chi connectivity index (χ3n) is 5.21. The summed E-state index contributed by atoms with van der Waals surface area (Å²) in [7, 11) is 0. The molecule has 1 atom stereocenters. The second-order valence-corrected chi connectivity index (χ2v) is 7.78. The first-order valence-corrected chi connectivity index (χ1v) is 9.85. The summed E-state index contributed by atoms with van der Waals surface area (Å²) in [5.74, 6) is 1.42. The van der Waals surface area contributed by atoms with Crippen molar-refractivity contribution in [1.29, 1.82) is 0 Å². The Morgan fingerprint density at radius 2 is 1.81 bits per heavy atom. The number of nitrogens with zero attached hydrogens (tertiary/aromatic N) is 2. The normalized spacial score (nSPS) is 12.7. The van der Waals surface area contributed by atoms with E-state index in [9.17, 15) is 4.79 Å². The third-order valence-corrected chi connectivity index (χ3v) is 5.21. The highest BCUT2D eigenvalue weighted by atomic mass is 16.1. The number of quaternary nitrogens is 1. The molecule has 0 saturated heterocycles. The number of aryl methyl sites for hydroxylation is 2. The van der Waals surface area contributed by atoms with Gasteiger partial charge in [-0.3, -0.25) is 9.36 Å². The zero-order valence-electron chi connectivity index (χ0n) is 17.0. The highest BCUT2D eigenvalue weighted by Gasteiger charge is 2.22. The fraction of sp³-hybridized carbons (Fsp3) is 0.391. The maximum Gasteiger partial charge on any atom is 0.266 e. The fourth-order valence-electron chi connectivity index (χ4n) is 3.40. The number of para-hydroxylation sites is 1. The van der Waals surface area contributed by atoms with Gasteiger partial charge in [0.05, 0.1) is 23.1 Å². The van der Waals surface area contributed by atoms with E-state index in [2.05, 4.69) is 52.1 Å². The van der Waals surface area contributed by atoms with Crippen molar-refractivity contribution >= 4 is 10.9 Å². The van der Waals surface area contributed by atoms with Crippen molar-refractivity contribution in [1.82, 2.24) is 9.55 Å². The van der Waals surface area contributed by atoms with Crippen LogP contribution in [-0.2, 0) is 0 Å². The van der Waals surface area contributed by atoms with Gasteiger partial charge in [-0.1, -0.05) is 39.0 Å². The first-order chi connectivity index (χ1) is 12.9. The number of aromatic nitrogens is 2. The van der Waals surface area contributed by atoms with E-state index >= 15 is 0 Å². The molecule has 3 rings (SSSR count). The van der Waals surface area contributed by atoms with Gasteiger partial charge >= 0.3 is 0 Å². The largest absolute Gasteiger partial charge is 0.337 e. The number of hydrogen-bond acceptors (Lipinski definition) is 2. The van der Waals surface area contributed by atoms with Crippen LogP contribution in [0.25, 0.3) is 16.6 Å². The molecule has 1 aromatic heterocycles. The SMILES string of the molecule is CC[C@H]([NH2+]CC(C)C)c1nc2ccccc2c(=O)n1-c1ccc(C)c(C)c1. The number of benzene rings is 2. The van der Waals surface area contributed by atoms with E-state index in [0.717, 1.165) is 30.0 Å². The minimum Gasteiger partial charge on any atom is -0.337 e. The minimum absolute atomic E-state index is 0.00949. The lowest BCUT2D eigenvalue weighted by atomic mass is 10.1. The maximum absolute atomic E-state index is 13.4. The van der Waals surface area contributed by atoms with Gasteiger partial charge in [-0.2, -0.15) is 0 Å². The van der Waals surface area contributed by atoms with Gasteiger partial charge < -0.3 is 5.32 Å². The molecule has 2 aromatic carbocycles. The van der Waals surface area contributed by atoms with Crippen LogP contribution >= 0.6 is 0 Å². The molecular formula is C23H30N3O+. The molecule has 4 heteroatoms. The van der Waals surface area contributed by atoms with Gasteiger partial charge in [0.15, 0.2) is 5.82 Å².